The number of likely N-dealkylation sites (tertiary alicyclic amines) is 1. The summed E-state index contributed by atoms with van der Waals surface area (Å²) < 4.78 is 0. The van der Waals surface area contributed by atoms with E-state index in [1.54, 1.807) is 4.90 Å². The third-order valence-electron chi connectivity index (χ3n) is 7.56. The number of hydrogen-bond acceptors (Lipinski definition) is 3. The van der Waals surface area contributed by atoms with E-state index in [0.29, 0.717) is 13.1 Å². The van der Waals surface area contributed by atoms with Crippen molar-refractivity contribution in [2.75, 3.05) is 19.6 Å². The largest absolute Gasteiger partial charge is 0.351 e. The van der Waals surface area contributed by atoms with Gasteiger partial charge in [0.05, 0.1) is 6.54 Å². The van der Waals surface area contributed by atoms with Crippen LogP contribution in [-0.2, 0) is 14.4 Å². The molecular weight excluding hydrogens is 354 g/mol. The zero-order valence-electron chi connectivity index (χ0n) is 17.3. The molecule has 28 heavy (non-hydrogen) atoms. The minimum atomic E-state index is -0.204. The summed E-state index contributed by atoms with van der Waals surface area (Å²) >= 11 is 0. The van der Waals surface area contributed by atoms with Gasteiger partial charge in [0.15, 0.2) is 0 Å². The Kier molecular flexibility index (Phi) is 5.41. The van der Waals surface area contributed by atoms with Crippen molar-refractivity contribution in [1.82, 2.24) is 15.5 Å². The van der Waals surface area contributed by atoms with E-state index in [1.165, 1.54) is 19.3 Å². The van der Waals surface area contributed by atoms with Gasteiger partial charge in [-0.2, -0.15) is 0 Å². The molecule has 1 atom stereocenters. The van der Waals surface area contributed by atoms with Crippen LogP contribution in [0.2, 0.25) is 0 Å². The predicted octanol–water partition coefficient (Wildman–Crippen LogP) is 2.08. The Morgan fingerprint density at radius 2 is 1.64 bits per heavy atom. The Balaban J connectivity index is 1.28. The van der Waals surface area contributed by atoms with Crippen LogP contribution in [0.1, 0.15) is 65.2 Å². The van der Waals surface area contributed by atoms with Gasteiger partial charge in [0.2, 0.25) is 17.7 Å². The number of amides is 3. The Bertz CT molecular complexity index is 610. The van der Waals surface area contributed by atoms with Crippen molar-refractivity contribution in [2.45, 2.75) is 71.3 Å². The van der Waals surface area contributed by atoms with Crippen molar-refractivity contribution in [2.24, 2.45) is 29.1 Å². The Labute approximate surface area is 168 Å². The van der Waals surface area contributed by atoms with Gasteiger partial charge < -0.3 is 15.5 Å². The minimum absolute atomic E-state index is 0.0199. The Hall–Kier alpha value is -1.59. The topological polar surface area (TPSA) is 78.5 Å². The molecule has 1 aliphatic heterocycles. The van der Waals surface area contributed by atoms with Gasteiger partial charge >= 0.3 is 0 Å². The maximum Gasteiger partial charge on any atom is 0.242 e. The lowest BCUT2D eigenvalue weighted by Crippen LogP contribution is -2.56. The number of nitrogens with zero attached hydrogens (tertiary/aromatic N) is 1. The predicted molar refractivity (Wildman–Crippen MR) is 106 cm³/mol. The SMILES string of the molecule is CC(C)C(=O)NC1CCCN(C(=O)CNC(=O)C23CC4CC(CC(C4)C2)C3)C1. The van der Waals surface area contributed by atoms with Crippen LogP contribution in [0.15, 0.2) is 0 Å². The van der Waals surface area contributed by atoms with Crippen LogP contribution < -0.4 is 10.6 Å². The second-order valence-corrected chi connectivity index (χ2v) is 10.2. The standard InChI is InChI=1S/C22H35N3O3/c1-14(2)20(27)24-18-4-3-5-25(13-18)19(26)12-23-21(28)22-9-15-6-16(10-22)8-17(7-15)11-22/h14-18H,3-13H2,1-2H3,(H,23,28)(H,24,27). The first-order valence-electron chi connectivity index (χ1n) is 11.2. The quantitative estimate of drug-likeness (QED) is 0.756. The highest BCUT2D eigenvalue weighted by Gasteiger charge is 2.54. The smallest absolute Gasteiger partial charge is 0.242 e. The van der Waals surface area contributed by atoms with Gasteiger partial charge in [-0.05, 0) is 69.1 Å². The molecule has 1 saturated heterocycles. The van der Waals surface area contributed by atoms with Crippen LogP contribution in [0.25, 0.3) is 0 Å². The highest BCUT2D eigenvalue weighted by atomic mass is 16.2. The van der Waals surface area contributed by atoms with Gasteiger partial charge in [-0.25, -0.2) is 0 Å². The Morgan fingerprint density at radius 1 is 1.04 bits per heavy atom. The molecule has 0 radical (unpaired) electrons. The number of nitrogens with one attached hydrogen (secondary N) is 2. The molecule has 1 heterocycles. The molecule has 0 spiro atoms. The van der Waals surface area contributed by atoms with Crippen molar-refractivity contribution in [3.05, 3.63) is 0 Å². The highest BCUT2D eigenvalue weighted by molar-refractivity contribution is 5.88. The number of rotatable bonds is 5. The van der Waals surface area contributed by atoms with Crippen molar-refractivity contribution in [3.63, 3.8) is 0 Å². The molecule has 6 heteroatoms. The lowest BCUT2D eigenvalue weighted by Gasteiger charge is -2.55. The average Bonchev–Trinajstić information content (AvgIpc) is 2.64. The second kappa shape index (κ2) is 7.68. The van der Waals surface area contributed by atoms with E-state index in [1.807, 2.05) is 13.8 Å². The zero-order valence-corrected chi connectivity index (χ0v) is 17.3. The van der Waals surface area contributed by atoms with E-state index in [0.717, 1.165) is 49.9 Å². The maximum absolute atomic E-state index is 13.0. The van der Waals surface area contributed by atoms with E-state index in [-0.39, 0.29) is 41.6 Å². The molecular formula is C22H35N3O3. The normalized spacial score (nSPS) is 36.5. The molecule has 0 aromatic heterocycles. The molecule has 2 N–H and O–H groups in total. The molecule has 156 valence electrons. The third kappa shape index (κ3) is 3.92. The Morgan fingerprint density at radius 3 is 2.21 bits per heavy atom. The van der Waals surface area contributed by atoms with E-state index in [9.17, 15) is 14.4 Å². The van der Waals surface area contributed by atoms with E-state index < -0.39 is 0 Å². The lowest BCUT2D eigenvalue weighted by molar-refractivity contribution is -0.148. The van der Waals surface area contributed by atoms with Crippen LogP contribution in [0.4, 0.5) is 0 Å². The summed E-state index contributed by atoms with van der Waals surface area (Å²) in [6.07, 6.45) is 8.78. The van der Waals surface area contributed by atoms with Gasteiger partial charge in [0.25, 0.3) is 0 Å². The summed E-state index contributed by atoms with van der Waals surface area (Å²) in [5.74, 6) is 2.24. The van der Waals surface area contributed by atoms with Gasteiger partial charge in [0.1, 0.15) is 0 Å². The van der Waals surface area contributed by atoms with Gasteiger partial charge in [0, 0.05) is 30.5 Å². The van der Waals surface area contributed by atoms with Gasteiger partial charge in [-0.3, -0.25) is 14.4 Å². The monoisotopic (exact) mass is 389 g/mol. The molecule has 4 bridgehead atoms. The lowest BCUT2D eigenvalue weighted by atomic mass is 9.49. The van der Waals surface area contributed by atoms with Crippen LogP contribution in [0, 0.1) is 29.1 Å². The molecule has 5 aliphatic rings. The first-order valence-corrected chi connectivity index (χ1v) is 11.2. The van der Waals surface area contributed by atoms with Crippen molar-refractivity contribution < 1.29 is 14.4 Å². The summed E-state index contributed by atoms with van der Waals surface area (Å²) in [5.41, 5.74) is -0.204. The number of carbonyl (C=O) groups is 3. The van der Waals surface area contributed by atoms with E-state index in [4.69, 9.17) is 0 Å². The van der Waals surface area contributed by atoms with Crippen molar-refractivity contribution >= 4 is 17.7 Å². The van der Waals surface area contributed by atoms with Crippen molar-refractivity contribution in [1.29, 1.82) is 0 Å². The fourth-order valence-corrected chi connectivity index (χ4v) is 6.53. The third-order valence-corrected chi connectivity index (χ3v) is 7.56. The molecule has 6 nitrogen and oxygen atoms in total. The molecule has 1 unspecified atom stereocenters. The number of hydrogen-bond donors (Lipinski definition) is 2. The summed E-state index contributed by atoms with van der Waals surface area (Å²) in [6.45, 7) is 5.10. The summed E-state index contributed by atoms with van der Waals surface area (Å²) in [5, 5.41) is 6.03. The van der Waals surface area contributed by atoms with E-state index in [2.05, 4.69) is 10.6 Å². The van der Waals surface area contributed by atoms with Crippen LogP contribution in [0.3, 0.4) is 0 Å². The average molecular weight is 390 g/mol. The van der Waals surface area contributed by atoms with Crippen LogP contribution in [-0.4, -0.2) is 48.3 Å². The first kappa shape index (κ1) is 19.7. The molecule has 4 saturated carbocycles. The molecule has 4 aliphatic carbocycles. The molecule has 3 amide bonds. The molecule has 0 aromatic carbocycles. The van der Waals surface area contributed by atoms with E-state index >= 15 is 0 Å². The number of piperidine rings is 1. The number of carbonyl (C=O) groups excluding carboxylic acids is 3. The maximum atomic E-state index is 13.0. The fourth-order valence-electron chi connectivity index (χ4n) is 6.53. The fraction of sp³-hybridized carbons (Fsp3) is 0.864. The summed E-state index contributed by atoms with van der Waals surface area (Å²) in [4.78, 5) is 39.5. The minimum Gasteiger partial charge on any atom is -0.351 e. The highest BCUT2D eigenvalue weighted by Crippen LogP contribution is 2.60. The summed E-state index contributed by atoms with van der Waals surface area (Å²) in [6, 6.07) is 0.0199. The first-order chi connectivity index (χ1) is 13.3. The van der Waals surface area contributed by atoms with Crippen LogP contribution >= 0.6 is 0 Å². The molecule has 5 fully saturated rings. The van der Waals surface area contributed by atoms with Gasteiger partial charge in [-0.1, -0.05) is 13.8 Å². The second-order valence-electron chi connectivity index (χ2n) is 10.2. The van der Waals surface area contributed by atoms with Gasteiger partial charge in [-0.15, -0.1) is 0 Å². The zero-order chi connectivity index (χ0) is 19.9. The molecule has 5 rings (SSSR count). The summed E-state index contributed by atoms with van der Waals surface area (Å²) in [7, 11) is 0. The van der Waals surface area contributed by atoms with Crippen molar-refractivity contribution in [3.8, 4) is 0 Å². The van der Waals surface area contributed by atoms with Crippen LogP contribution in [0.5, 0.6) is 0 Å². The molecule has 0 aromatic rings.